The Hall–Kier alpha value is -1.36. The zero-order valence-corrected chi connectivity index (χ0v) is 6.58. The van der Waals surface area contributed by atoms with Crippen LogP contribution in [0.4, 0.5) is 5.95 Å². The number of aromatic amines is 1. The molecule has 0 bridgehead atoms. The molecule has 1 aliphatic rings. The molecule has 0 atom stereocenters. The molecule has 0 saturated carbocycles. The second kappa shape index (κ2) is 2.94. The molecule has 2 heterocycles. The second-order valence-corrected chi connectivity index (χ2v) is 2.60. The third kappa shape index (κ3) is 1.31. The Kier molecular flexibility index (Phi) is 1.79. The third-order valence-corrected chi connectivity index (χ3v) is 1.77. The van der Waals surface area contributed by atoms with Crippen molar-refractivity contribution in [2.24, 2.45) is 0 Å². The minimum absolute atomic E-state index is 0.289. The molecule has 5 nitrogen and oxygen atoms in total. The van der Waals surface area contributed by atoms with Crippen LogP contribution in [0.25, 0.3) is 5.57 Å². The summed E-state index contributed by atoms with van der Waals surface area (Å²) >= 11 is 0. The van der Waals surface area contributed by atoms with Gasteiger partial charge in [0.05, 0.1) is 13.2 Å². The molecule has 1 aromatic rings. The van der Waals surface area contributed by atoms with Gasteiger partial charge in [0.1, 0.15) is 0 Å². The van der Waals surface area contributed by atoms with Crippen molar-refractivity contribution in [1.82, 2.24) is 15.2 Å². The van der Waals surface area contributed by atoms with Gasteiger partial charge in [0.25, 0.3) is 0 Å². The molecular weight excluding hydrogens is 156 g/mol. The molecule has 5 heteroatoms. The zero-order valence-electron chi connectivity index (χ0n) is 6.58. The summed E-state index contributed by atoms with van der Waals surface area (Å²) in [4.78, 5) is 4.02. The van der Waals surface area contributed by atoms with Crippen LogP contribution >= 0.6 is 0 Å². The van der Waals surface area contributed by atoms with Crippen molar-refractivity contribution in [2.45, 2.75) is 6.42 Å². The Labute approximate surface area is 69.6 Å². The second-order valence-electron chi connectivity index (χ2n) is 2.60. The number of aromatic nitrogens is 3. The first-order valence-electron chi connectivity index (χ1n) is 3.81. The van der Waals surface area contributed by atoms with E-state index in [1.54, 1.807) is 0 Å². The molecule has 1 aliphatic heterocycles. The van der Waals surface area contributed by atoms with E-state index >= 15 is 0 Å². The van der Waals surface area contributed by atoms with Gasteiger partial charge in [-0.2, -0.15) is 4.98 Å². The Balaban J connectivity index is 2.23. The number of nitrogens with zero attached hydrogens (tertiary/aromatic N) is 2. The highest BCUT2D eigenvalue weighted by molar-refractivity contribution is 5.60. The standard InChI is InChI=1S/C7H10N4O/c8-7-9-6(10-11-7)5-1-3-12-4-2-5/h1H,2-4H2,(H3,8,9,10,11). The van der Waals surface area contributed by atoms with Crippen molar-refractivity contribution < 1.29 is 4.74 Å². The van der Waals surface area contributed by atoms with Gasteiger partial charge in [-0.3, -0.25) is 5.10 Å². The molecular formula is C7H10N4O. The Morgan fingerprint density at radius 2 is 2.50 bits per heavy atom. The molecule has 12 heavy (non-hydrogen) atoms. The quantitative estimate of drug-likeness (QED) is 0.624. The fraction of sp³-hybridized carbons (Fsp3) is 0.429. The molecule has 0 saturated heterocycles. The van der Waals surface area contributed by atoms with Crippen LogP contribution in [-0.4, -0.2) is 28.4 Å². The maximum absolute atomic E-state index is 5.37. The summed E-state index contributed by atoms with van der Waals surface area (Å²) in [5.41, 5.74) is 6.50. The van der Waals surface area contributed by atoms with Crippen LogP contribution in [0.5, 0.6) is 0 Å². The van der Waals surface area contributed by atoms with Crippen LogP contribution in [0.1, 0.15) is 12.2 Å². The molecule has 0 aromatic carbocycles. The number of H-pyrrole nitrogens is 1. The van der Waals surface area contributed by atoms with Gasteiger partial charge in [0.2, 0.25) is 5.95 Å². The molecule has 3 N–H and O–H groups in total. The fourth-order valence-corrected chi connectivity index (χ4v) is 1.16. The largest absolute Gasteiger partial charge is 0.377 e. The van der Waals surface area contributed by atoms with Crippen LogP contribution in [0.2, 0.25) is 0 Å². The van der Waals surface area contributed by atoms with Crippen molar-refractivity contribution in [3.63, 3.8) is 0 Å². The predicted molar refractivity (Wildman–Crippen MR) is 44.2 cm³/mol. The van der Waals surface area contributed by atoms with E-state index in [0.717, 1.165) is 24.4 Å². The van der Waals surface area contributed by atoms with Crippen LogP contribution < -0.4 is 5.73 Å². The van der Waals surface area contributed by atoms with Gasteiger partial charge in [-0.15, -0.1) is 5.10 Å². The molecule has 64 valence electrons. The lowest BCUT2D eigenvalue weighted by atomic mass is 10.1. The first kappa shape index (κ1) is 7.30. The van der Waals surface area contributed by atoms with Gasteiger partial charge in [-0.25, -0.2) is 0 Å². The first-order chi connectivity index (χ1) is 5.86. The van der Waals surface area contributed by atoms with E-state index in [0.29, 0.717) is 6.61 Å². The molecule has 0 fully saturated rings. The monoisotopic (exact) mass is 166 g/mol. The van der Waals surface area contributed by atoms with Crippen molar-refractivity contribution in [3.8, 4) is 0 Å². The smallest absolute Gasteiger partial charge is 0.239 e. The lowest BCUT2D eigenvalue weighted by molar-refractivity contribution is 0.161. The lowest BCUT2D eigenvalue weighted by Gasteiger charge is -2.10. The van der Waals surface area contributed by atoms with Crippen molar-refractivity contribution in [1.29, 1.82) is 0 Å². The Morgan fingerprint density at radius 3 is 3.08 bits per heavy atom. The highest BCUT2D eigenvalue weighted by Crippen LogP contribution is 2.17. The van der Waals surface area contributed by atoms with E-state index < -0.39 is 0 Å². The molecule has 0 aliphatic carbocycles. The molecule has 0 unspecified atom stereocenters. The molecule has 0 amide bonds. The molecule has 1 aromatic heterocycles. The summed E-state index contributed by atoms with van der Waals surface area (Å²) in [6.07, 6.45) is 2.86. The normalized spacial score (nSPS) is 17.5. The molecule has 0 radical (unpaired) electrons. The number of hydrogen-bond donors (Lipinski definition) is 2. The summed E-state index contributed by atoms with van der Waals surface area (Å²) in [5.74, 6) is 1.05. The van der Waals surface area contributed by atoms with E-state index in [2.05, 4.69) is 15.2 Å². The van der Waals surface area contributed by atoms with Crippen LogP contribution in [0.15, 0.2) is 6.08 Å². The number of nitrogens with one attached hydrogen (secondary N) is 1. The van der Waals surface area contributed by atoms with Crippen molar-refractivity contribution >= 4 is 11.5 Å². The van der Waals surface area contributed by atoms with Crippen LogP contribution in [0, 0.1) is 0 Å². The predicted octanol–water partition coefficient (Wildman–Crippen LogP) is 0.191. The van der Waals surface area contributed by atoms with Gasteiger partial charge in [0.15, 0.2) is 5.82 Å². The number of nitrogen functional groups attached to an aromatic ring is 1. The van der Waals surface area contributed by atoms with E-state index in [1.807, 2.05) is 6.08 Å². The van der Waals surface area contributed by atoms with Crippen molar-refractivity contribution in [2.75, 3.05) is 18.9 Å². The van der Waals surface area contributed by atoms with Gasteiger partial charge in [-0.1, -0.05) is 6.08 Å². The Bertz CT molecular complexity index is 304. The lowest BCUT2D eigenvalue weighted by Crippen LogP contribution is -2.04. The third-order valence-electron chi connectivity index (χ3n) is 1.77. The van der Waals surface area contributed by atoms with Crippen LogP contribution in [-0.2, 0) is 4.74 Å². The number of rotatable bonds is 1. The number of ether oxygens (including phenoxy) is 1. The number of hydrogen-bond acceptors (Lipinski definition) is 4. The maximum atomic E-state index is 5.37. The average Bonchev–Trinajstić information content (AvgIpc) is 2.54. The SMILES string of the molecule is Nc1n[nH]c(C2=CCOCC2)n1. The molecule has 0 spiro atoms. The topological polar surface area (TPSA) is 76.8 Å². The first-order valence-corrected chi connectivity index (χ1v) is 3.81. The summed E-state index contributed by atoms with van der Waals surface area (Å²) in [7, 11) is 0. The number of nitrogens with two attached hydrogens (primary N) is 1. The summed E-state index contributed by atoms with van der Waals surface area (Å²) in [6.45, 7) is 1.39. The summed E-state index contributed by atoms with van der Waals surface area (Å²) < 4.78 is 5.16. The highest BCUT2D eigenvalue weighted by atomic mass is 16.5. The van der Waals surface area contributed by atoms with Gasteiger partial charge >= 0.3 is 0 Å². The Morgan fingerprint density at radius 1 is 1.58 bits per heavy atom. The zero-order chi connectivity index (χ0) is 8.39. The van der Waals surface area contributed by atoms with Gasteiger partial charge < -0.3 is 10.5 Å². The van der Waals surface area contributed by atoms with Crippen LogP contribution in [0.3, 0.4) is 0 Å². The highest BCUT2D eigenvalue weighted by Gasteiger charge is 2.09. The average molecular weight is 166 g/mol. The minimum Gasteiger partial charge on any atom is -0.377 e. The van der Waals surface area contributed by atoms with Crippen molar-refractivity contribution in [3.05, 3.63) is 11.9 Å². The summed E-state index contributed by atoms with van der Waals surface area (Å²) in [6, 6.07) is 0. The van der Waals surface area contributed by atoms with E-state index in [1.165, 1.54) is 0 Å². The van der Waals surface area contributed by atoms with Gasteiger partial charge in [0, 0.05) is 0 Å². The van der Waals surface area contributed by atoms with E-state index in [4.69, 9.17) is 10.5 Å². The minimum atomic E-state index is 0.289. The number of anilines is 1. The summed E-state index contributed by atoms with van der Waals surface area (Å²) in [5, 5.41) is 6.52. The molecule has 2 rings (SSSR count). The maximum Gasteiger partial charge on any atom is 0.239 e. The van der Waals surface area contributed by atoms with E-state index in [9.17, 15) is 0 Å². The van der Waals surface area contributed by atoms with Gasteiger partial charge in [-0.05, 0) is 12.0 Å². The van der Waals surface area contributed by atoms with E-state index in [-0.39, 0.29) is 5.95 Å². The fourth-order valence-electron chi connectivity index (χ4n) is 1.16.